The van der Waals surface area contributed by atoms with E-state index in [1.807, 2.05) is 14.0 Å². The molecule has 0 spiro atoms. The molecule has 21 heavy (non-hydrogen) atoms. The molecule has 1 aromatic carbocycles. The second-order valence-corrected chi connectivity index (χ2v) is 5.24. The fourth-order valence-corrected chi connectivity index (χ4v) is 2.73. The molecule has 0 saturated carbocycles. The van der Waals surface area contributed by atoms with E-state index in [0.29, 0.717) is 28.4 Å². The number of nitrogen functional groups attached to an aromatic ring is 1. The zero-order valence-corrected chi connectivity index (χ0v) is 12.5. The molecule has 0 bridgehead atoms. The Morgan fingerprint density at radius 2 is 2.19 bits per heavy atom. The summed E-state index contributed by atoms with van der Waals surface area (Å²) in [5.41, 5.74) is 8.99. The minimum absolute atomic E-state index is 0.304. The number of nitrogens with zero attached hydrogens (tertiary/aromatic N) is 3. The number of oxazole rings is 1. The first-order chi connectivity index (χ1) is 10.0. The fourth-order valence-electron chi connectivity index (χ4n) is 2.37. The van der Waals surface area contributed by atoms with Gasteiger partial charge in [0.25, 0.3) is 0 Å². The van der Waals surface area contributed by atoms with E-state index < -0.39 is 5.76 Å². The van der Waals surface area contributed by atoms with Crippen LogP contribution in [0.4, 0.5) is 5.69 Å². The molecule has 0 aliphatic rings. The molecule has 2 N–H and O–H groups in total. The number of aryl methyl sites for hydroxylation is 2. The third-order valence-electron chi connectivity index (χ3n) is 3.50. The maximum Gasteiger partial charge on any atom is 0.420 e. The van der Waals surface area contributed by atoms with Crippen LogP contribution in [0.3, 0.4) is 0 Å². The number of nitrogens with two attached hydrogens (primary N) is 1. The molecular weight excluding hydrogens is 292 g/mol. The van der Waals surface area contributed by atoms with Gasteiger partial charge in [-0.25, -0.2) is 4.79 Å². The third-order valence-corrected chi connectivity index (χ3v) is 3.94. The highest BCUT2D eigenvalue weighted by Gasteiger charge is 2.17. The highest BCUT2D eigenvalue weighted by Crippen LogP contribution is 2.23. The van der Waals surface area contributed by atoms with Gasteiger partial charge in [0, 0.05) is 18.8 Å². The van der Waals surface area contributed by atoms with Crippen LogP contribution < -0.4 is 11.5 Å². The molecule has 2 aromatic heterocycles. The van der Waals surface area contributed by atoms with Gasteiger partial charge in [-0.3, -0.25) is 9.25 Å². The second kappa shape index (κ2) is 4.96. The lowest BCUT2D eigenvalue weighted by Crippen LogP contribution is -2.17. The number of rotatable bonds is 3. The highest BCUT2D eigenvalue weighted by molar-refractivity contribution is 6.31. The Bertz CT molecular complexity index is 875. The van der Waals surface area contributed by atoms with Crippen LogP contribution in [0.1, 0.15) is 18.3 Å². The minimum Gasteiger partial charge on any atom is -0.408 e. The van der Waals surface area contributed by atoms with Crippen molar-refractivity contribution in [3.63, 3.8) is 0 Å². The van der Waals surface area contributed by atoms with Gasteiger partial charge in [-0.1, -0.05) is 18.5 Å². The molecule has 0 saturated heterocycles. The van der Waals surface area contributed by atoms with E-state index in [2.05, 4.69) is 5.10 Å². The van der Waals surface area contributed by atoms with Crippen molar-refractivity contribution in [1.29, 1.82) is 0 Å². The molecule has 3 aromatic rings. The van der Waals surface area contributed by atoms with Gasteiger partial charge in [-0.2, -0.15) is 5.10 Å². The number of hydrogen-bond acceptors (Lipinski definition) is 4. The van der Waals surface area contributed by atoms with Crippen LogP contribution in [0.5, 0.6) is 0 Å². The number of hydrogen-bond donors (Lipinski definition) is 1. The van der Waals surface area contributed by atoms with Crippen LogP contribution in [0.15, 0.2) is 27.4 Å². The largest absolute Gasteiger partial charge is 0.420 e. The Morgan fingerprint density at radius 1 is 1.43 bits per heavy atom. The lowest BCUT2D eigenvalue weighted by molar-refractivity contribution is 0.511. The summed E-state index contributed by atoms with van der Waals surface area (Å²) in [4.78, 5) is 12.0. The molecule has 0 aliphatic carbocycles. The van der Waals surface area contributed by atoms with Crippen molar-refractivity contribution in [1.82, 2.24) is 14.3 Å². The van der Waals surface area contributed by atoms with Crippen molar-refractivity contribution in [3.8, 4) is 0 Å². The van der Waals surface area contributed by atoms with Gasteiger partial charge >= 0.3 is 5.76 Å². The normalized spacial score (nSPS) is 11.4. The van der Waals surface area contributed by atoms with E-state index >= 15 is 0 Å². The molecule has 0 radical (unpaired) electrons. The van der Waals surface area contributed by atoms with Crippen LogP contribution >= 0.6 is 11.6 Å². The monoisotopic (exact) mass is 306 g/mol. The van der Waals surface area contributed by atoms with Crippen molar-refractivity contribution in [3.05, 3.63) is 45.2 Å². The fraction of sp³-hybridized carbons (Fsp3) is 0.286. The maximum absolute atomic E-state index is 12.0. The van der Waals surface area contributed by atoms with Gasteiger partial charge in [0.1, 0.15) is 0 Å². The topological polar surface area (TPSA) is 79.0 Å². The summed E-state index contributed by atoms with van der Waals surface area (Å²) in [6, 6.07) is 5.13. The third kappa shape index (κ3) is 2.21. The van der Waals surface area contributed by atoms with Crippen LogP contribution in [-0.4, -0.2) is 14.3 Å². The first-order valence-electron chi connectivity index (χ1n) is 6.60. The summed E-state index contributed by atoms with van der Waals surface area (Å²) in [5.74, 6) is -0.439. The quantitative estimate of drug-likeness (QED) is 0.752. The summed E-state index contributed by atoms with van der Waals surface area (Å²) in [6.07, 6.45) is 0.740. The van der Waals surface area contributed by atoms with E-state index in [-0.39, 0.29) is 0 Å². The molecule has 3 rings (SSSR count). The van der Waals surface area contributed by atoms with Crippen molar-refractivity contribution >= 4 is 28.4 Å². The van der Waals surface area contributed by atoms with Crippen molar-refractivity contribution in [2.75, 3.05) is 5.73 Å². The number of aromatic nitrogens is 3. The van der Waals surface area contributed by atoms with Crippen LogP contribution in [0.2, 0.25) is 5.02 Å². The predicted octanol–water partition coefficient (Wildman–Crippen LogP) is 2.17. The first-order valence-corrected chi connectivity index (χ1v) is 6.98. The van der Waals surface area contributed by atoms with Gasteiger partial charge in [0.2, 0.25) is 0 Å². The predicted molar refractivity (Wildman–Crippen MR) is 81.6 cm³/mol. The Hall–Kier alpha value is -2.21. The number of fused-ring (bicyclic) bond motifs is 1. The minimum atomic E-state index is -0.439. The summed E-state index contributed by atoms with van der Waals surface area (Å²) < 4.78 is 8.44. The first kappa shape index (κ1) is 13.8. The van der Waals surface area contributed by atoms with E-state index in [9.17, 15) is 4.79 Å². The van der Waals surface area contributed by atoms with Crippen LogP contribution in [0, 0.1) is 0 Å². The van der Waals surface area contributed by atoms with Gasteiger partial charge in [-0.05, 0) is 18.6 Å². The molecule has 2 heterocycles. The molecule has 0 atom stereocenters. The molecule has 0 unspecified atom stereocenters. The van der Waals surface area contributed by atoms with Gasteiger partial charge in [-0.15, -0.1) is 0 Å². The van der Waals surface area contributed by atoms with Gasteiger partial charge in [0.05, 0.1) is 28.5 Å². The Balaban J connectivity index is 2.12. The van der Waals surface area contributed by atoms with Gasteiger partial charge < -0.3 is 10.2 Å². The molecule has 110 valence electrons. The average molecular weight is 307 g/mol. The van der Waals surface area contributed by atoms with E-state index in [1.165, 1.54) is 4.57 Å². The number of halogens is 1. The molecule has 6 nitrogen and oxygen atoms in total. The highest BCUT2D eigenvalue weighted by atomic mass is 35.5. The molecule has 0 fully saturated rings. The van der Waals surface area contributed by atoms with Crippen molar-refractivity contribution < 1.29 is 4.42 Å². The number of anilines is 1. The average Bonchev–Trinajstić information content (AvgIpc) is 2.89. The molecule has 0 amide bonds. The van der Waals surface area contributed by atoms with Crippen LogP contribution in [0.25, 0.3) is 11.1 Å². The van der Waals surface area contributed by atoms with E-state index in [0.717, 1.165) is 17.8 Å². The SMILES string of the molecule is CCc1nn(C)c(Cn2c(=O)oc3cc(N)ccc32)c1Cl. The molecule has 7 heteroatoms. The summed E-state index contributed by atoms with van der Waals surface area (Å²) >= 11 is 6.33. The summed E-state index contributed by atoms with van der Waals surface area (Å²) in [6.45, 7) is 2.29. The van der Waals surface area contributed by atoms with Gasteiger partial charge in [0.15, 0.2) is 5.58 Å². The van der Waals surface area contributed by atoms with E-state index in [4.69, 9.17) is 21.8 Å². The zero-order chi connectivity index (χ0) is 15.1. The summed E-state index contributed by atoms with van der Waals surface area (Å²) in [7, 11) is 1.81. The molecule has 0 aliphatic heterocycles. The van der Waals surface area contributed by atoms with Crippen molar-refractivity contribution in [2.24, 2.45) is 7.05 Å². The van der Waals surface area contributed by atoms with Crippen molar-refractivity contribution in [2.45, 2.75) is 19.9 Å². The lowest BCUT2D eigenvalue weighted by Gasteiger charge is -2.04. The second-order valence-electron chi connectivity index (χ2n) is 4.87. The zero-order valence-electron chi connectivity index (χ0n) is 11.8. The standard InChI is InChI=1S/C14H15ClN4O2/c1-3-9-13(15)11(18(2)17-9)7-19-10-5-4-8(16)6-12(10)21-14(19)20/h4-6H,3,7,16H2,1-2H3. The Kier molecular flexibility index (Phi) is 3.25. The lowest BCUT2D eigenvalue weighted by atomic mass is 10.2. The Labute approximate surface area is 125 Å². The van der Waals surface area contributed by atoms with E-state index in [1.54, 1.807) is 22.9 Å². The molecular formula is C14H15ClN4O2. The number of benzene rings is 1. The summed E-state index contributed by atoms with van der Waals surface area (Å²) in [5, 5.41) is 4.95. The Morgan fingerprint density at radius 3 is 2.86 bits per heavy atom. The smallest absolute Gasteiger partial charge is 0.408 e. The maximum atomic E-state index is 12.0. The van der Waals surface area contributed by atoms with Crippen LogP contribution in [-0.2, 0) is 20.0 Å².